The van der Waals surface area contributed by atoms with Gasteiger partial charge in [-0.25, -0.2) is 0 Å². The maximum Gasteiger partial charge on any atom is 0.293 e. The van der Waals surface area contributed by atoms with Crippen molar-refractivity contribution < 1.29 is 0 Å². The van der Waals surface area contributed by atoms with Crippen molar-refractivity contribution in [1.82, 2.24) is 9.89 Å². The maximum absolute atomic E-state index is 12.0. The predicted octanol–water partition coefficient (Wildman–Crippen LogP) is 0.285. The van der Waals surface area contributed by atoms with Crippen molar-refractivity contribution in [3.8, 4) is 0 Å². The lowest BCUT2D eigenvalue weighted by atomic mass is 9.97. The van der Waals surface area contributed by atoms with Crippen LogP contribution in [0.25, 0.3) is 10.8 Å². The van der Waals surface area contributed by atoms with Crippen LogP contribution in [0.5, 0.6) is 0 Å². The molecule has 0 amide bonds. The summed E-state index contributed by atoms with van der Waals surface area (Å²) in [5, 5.41) is 5.73. The topological polar surface area (TPSA) is 90.2 Å². The molecule has 1 aliphatic rings. The summed E-state index contributed by atoms with van der Waals surface area (Å²) in [4.78, 5) is 15.1. The van der Waals surface area contributed by atoms with Gasteiger partial charge in [-0.05, 0) is 31.4 Å². The Bertz CT molecular complexity index is 673. The standard InChI is InChI=1S/C14H19N5O/c15-9-10-5-7-18(8-6-10)13-11-3-1-2-4-12(11)14(20)19(16)17-13/h1-4,10H,5-9,15-16H2. The molecule has 106 valence electrons. The number of hydrogen-bond acceptors (Lipinski definition) is 5. The Morgan fingerprint density at radius 3 is 2.50 bits per heavy atom. The first-order valence-corrected chi connectivity index (χ1v) is 6.93. The summed E-state index contributed by atoms with van der Waals surface area (Å²) in [7, 11) is 0. The number of nitrogens with zero attached hydrogens (tertiary/aromatic N) is 3. The van der Waals surface area contributed by atoms with Crippen LogP contribution in [0.3, 0.4) is 0 Å². The molecule has 6 nitrogen and oxygen atoms in total. The van der Waals surface area contributed by atoms with Crippen molar-refractivity contribution in [3.05, 3.63) is 34.6 Å². The summed E-state index contributed by atoms with van der Waals surface area (Å²) in [6, 6.07) is 7.47. The highest BCUT2D eigenvalue weighted by atomic mass is 16.1. The Balaban J connectivity index is 2.04. The quantitative estimate of drug-likeness (QED) is 0.767. The molecule has 0 radical (unpaired) electrons. The van der Waals surface area contributed by atoms with E-state index in [1.165, 1.54) is 0 Å². The van der Waals surface area contributed by atoms with Gasteiger partial charge in [-0.2, -0.15) is 0 Å². The number of nitrogen functional groups attached to an aromatic ring is 1. The summed E-state index contributed by atoms with van der Waals surface area (Å²) in [5.74, 6) is 7.07. The first-order chi connectivity index (χ1) is 9.70. The van der Waals surface area contributed by atoms with Crippen LogP contribution >= 0.6 is 0 Å². The van der Waals surface area contributed by atoms with E-state index in [4.69, 9.17) is 11.6 Å². The van der Waals surface area contributed by atoms with Crippen molar-refractivity contribution in [2.75, 3.05) is 30.4 Å². The average molecular weight is 273 g/mol. The lowest BCUT2D eigenvalue weighted by Gasteiger charge is -2.32. The summed E-state index contributed by atoms with van der Waals surface area (Å²) < 4.78 is 0. The van der Waals surface area contributed by atoms with Crippen molar-refractivity contribution >= 4 is 16.6 Å². The van der Waals surface area contributed by atoms with Crippen LogP contribution in [0.1, 0.15) is 12.8 Å². The molecule has 0 aliphatic carbocycles. The molecule has 1 fully saturated rings. The molecular formula is C14H19N5O. The molecule has 2 heterocycles. The number of hydrogen-bond donors (Lipinski definition) is 2. The van der Waals surface area contributed by atoms with Crippen LogP contribution in [0.2, 0.25) is 0 Å². The molecule has 0 unspecified atom stereocenters. The molecule has 1 saturated heterocycles. The van der Waals surface area contributed by atoms with Crippen LogP contribution in [-0.4, -0.2) is 29.5 Å². The Morgan fingerprint density at radius 2 is 1.85 bits per heavy atom. The largest absolute Gasteiger partial charge is 0.355 e. The summed E-state index contributed by atoms with van der Waals surface area (Å²) in [5.41, 5.74) is 5.46. The molecule has 0 bridgehead atoms. The normalized spacial score (nSPS) is 16.8. The minimum absolute atomic E-state index is 0.263. The van der Waals surface area contributed by atoms with Gasteiger partial charge in [-0.1, -0.05) is 18.2 Å². The monoisotopic (exact) mass is 273 g/mol. The van der Waals surface area contributed by atoms with Gasteiger partial charge in [0.25, 0.3) is 5.56 Å². The van der Waals surface area contributed by atoms with E-state index in [0.717, 1.165) is 48.5 Å². The van der Waals surface area contributed by atoms with E-state index in [2.05, 4.69) is 10.00 Å². The summed E-state index contributed by atoms with van der Waals surface area (Å²) in [6.07, 6.45) is 2.10. The minimum atomic E-state index is -0.263. The van der Waals surface area contributed by atoms with Gasteiger partial charge in [0.05, 0.1) is 5.39 Å². The van der Waals surface area contributed by atoms with Crippen LogP contribution < -0.4 is 22.0 Å². The number of nitrogens with two attached hydrogens (primary N) is 2. The molecule has 4 N–H and O–H groups in total. The number of aromatic nitrogens is 2. The lowest BCUT2D eigenvalue weighted by molar-refractivity contribution is 0.412. The predicted molar refractivity (Wildman–Crippen MR) is 80.1 cm³/mol. The average Bonchev–Trinajstić information content (AvgIpc) is 2.51. The van der Waals surface area contributed by atoms with E-state index in [0.29, 0.717) is 11.3 Å². The molecule has 0 spiro atoms. The van der Waals surface area contributed by atoms with E-state index in [-0.39, 0.29) is 5.56 Å². The van der Waals surface area contributed by atoms with Crippen LogP contribution in [0, 0.1) is 5.92 Å². The molecule has 3 rings (SSSR count). The molecule has 1 aliphatic heterocycles. The van der Waals surface area contributed by atoms with Crippen molar-refractivity contribution in [2.45, 2.75) is 12.8 Å². The Kier molecular flexibility index (Phi) is 3.31. The smallest absolute Gasteiger partial charge is 0.293 e. The van der Waals surface area contributed by atoms with Crippen LogP contribution in [-0.2, 0) is 0 Å². The number of piperidine rings is 1. The first kappa shape index (κ1) is 12.9. The van der Waals surface area contributed by atoms with Gasteiger partial charge in [0, 0.05) is 18.5 Å². The Hall–Kier alpha value is -2.08. The third-order valence-electron chi connectivity index (χ3n) is 4.06. The first-order valence-electron chi connectivity index (χ1n) is 6.93. The molecular weight excluding hydrogens is 254 g/mol. The third-order valence-corrected chi connectivity index (χ3v) is 4.06. The maximum atomic E-state index is 12.0. The zero-order chi connectivity index (χ0) is 14.1. The lowest BCUT2D eigenvalue weighted by Crippen LogP contribution is -2.39. The second-order valence-electron chi connectivity index (χ2n) is 5.29. The van der Waals surface area contributed by atoms with E-state index >= 15 is 0 Å². The van der Waals surface area contributed by atoms with Gasteiger partial charge in [0.1, 0.15) is 0 Å². The number of anilines is 1. The third kappa shape index (κ3) is 2.12. The van der Waals surface area contributed by atoms with Gasteiger partial charge in [-0.3, -0.25) is 4.79 Å². The summed E-state index contributed by atoms with van der Waals surface area (Å²) in [6.45, 7) is 2.53. The van der Waals surface area contributed by atoms with E-state index in [1.807, 2.05) is 18.2 Å². The van der Waals surface area contributed by atoms with Gasteiger partial charge in [0.2, 0.25) is 0 Å². The SMILES string of the molecule is NCC1CCN(c2nn(N)c(=O)c3ccccc23)CC1. The minimum Gasteiger partial charge on any atom is -0.355 e. The Labute approximate surface area is 116 Å². The van der Waals surface area contributed by atoms with Gasteiger partial charge in [0.15, 0.2) is 5.82 Å². The fourth-order valence-corrected chi connectivity index (χ4v) is 2.80. The fraction of sp³-hybridized carbons (Fsp3) is 0.429. The number of rotatable bonds is 2. The van der Waals surface area contributed by atoms with E-state index < -0.39 is 0 Å². The van der Waals surface area contributed by atoms with Crippen LogP contribution in [0.15, 0.2) is 29.1 Å². The highest BCUT2D eigenvalue weighted by Crippen LogP contribution is 2.26. The second kappa shape index (κ2) is 5.13. The van der Waals surface area contributed by atoms with E-state index in [9.17, 15) is 4.79 Å². The highest BCUT2D eigenvalue weighted by molar-refractivity contribution is 5.91. The summed E-state index contributed by atoms with van der Waals surface area (Å²) >= 11 is 0. The number of fused-ring (bicyclic) bond motifs is 1. The molecule has 1 aromatic carbocycles. The molecule has 6 heteroatoms. The van der Waals surface area contributed by atoms with Crippen LogP contribution in [0.4, 0.5) is 5.82 Å². The number of benzene rings is 1. The Morgan fingerprint density at radius 1 is 1.20 bits per heavy atom. The molecule has 2 aromatic rings. The van der Waals surface area contributed by atoms with Crippen molar-refractivity contribution in [3.63, 3.8) is 0 Å². The molecule has 1 aromatic heterocycles. The van der Waals surface area contributed by atoms with Crippen molar-refractivity contribution in [2.24, 2.45) is 11.7 Å². The zero-order valence-electron chi connectivity index (χ0n) is 11.3. The highest BCUT2D eigenvalue weighted by Gasteiger charge is 2.21. The van der Waals surface area contributed by atoms with Gasteiger partial charge in [-0.15, -0.1) is 9.89 Å². The molecule has 20 heavy (non-hydrogen) atoms. The molecule has 0 saturated carbocycles. The van der Waals surface area contributed by atoms with E-state index in [1.54, 1.807) is 6.07 Å². The molecule has 0 atom stereocenters. The van der Waals surface area contributed by atoms with Gasteiger partial charge >= 0.3 is 0 Å². The zero-order valence-corrected chi connectivity index (χ0v) is 11.3. The fourth-order valence-electron chi connectivity index (χ4n) is 2.80. The van der Waals surface area contributed by atoms with Crippen molar-refractivity contribution in [1.29, 1.82) is 0 Å². The van der Waals surface area contributed by atoms with Gasteiger partial charge < -0.3 is 16.5 Å². The second-order valence-corrected chi connectivity index (χ2v) is 5.29.